The van der Waals surface area contributed by atoms with Crippen molar-refractivity contribution in [2.45, 2.75) is 13.1 Å². The summed E-state index contributed by atoms with van der Waals surface area (Å²) in [5.74, 6) is -0.0850. The first-order valence-corrected chi connectivity index (χ1v) is 8.04. The third-order valence-electron chi connectivity index (χ3n) is 3.60. The molecule has 1 heterocycles. The van der Waals surface area contributed by atoms with Gasteiger partial charge in [0.25, 0.3) is 5.91 Å². The highest BCUT2D eigenvalue weighted by atomic mass is 32.1. The first kappa shape index (κ1) is 17.2. The number of nitrogens with zero attached hydrogens (tertiary/aromatic N) is 1. The van der Waals surface area contributed by atoms with Crippen LogP contribution in [0.15, 0.2) is 36.4 Å². The van der Waals surface area contributed by atoms with E-state index in [1.807, 2.05) is 13.0 Å². The molecule has 0 aliphatic carbocycles. The smallest absolute Gasteiger partial charge is 0.416 e. The number of ether oxygens (including phenoxy) is 1. The molecule has 1 aromatic heterocycles. The maximum absolute atomic E-state index is 12.8. The number of halogens is 3. The molecule has 0 bridgehead atoms. The Bertz CT molecular complexity index is 951. The van der Waals surface area contributed by atoms with E-state index in [1.54, 1.807) is 6.07 Å². The number of rotatable bonds is 3. The first-order chi connectivity index (χ1) is 11.8. The van der Waals surface area contributed by atoms with Crippen LogP contribution < -0.4 is 10.1 Å². The lowest BCUT2D eigenvalue weighted by molar-refractivity contribution is -0.137. The number of benzene rings is 2. The first-order valence-electron chi connectivity index (χ1n) is 7.22. The van der Waals surface area contributed by atoms with E-state index in [9.17, 15) is 18.0 Å². The van der Waals surface area contributed by atoms with E-state index in [1.165, 1.54) is 30.6 Å². The Morgan fingerprint density at radius 3 is 2.68 bits per heavy atom. The molecule has 1 amide bonds. The largest absolute Gasteiger partial charge is 0.494 e. The van der Waals surface area contributed by atoms with Crippen LogP contribution in [0.2, 0.25) is 0 Å². The number of methoxy groups -OCH3 is 1. The molecule has 4 nitrogen and oxygen atoms in total. The number of anilines is 1. The van der Waals surface area contributed by atoms with Crippen molar-refractivity contribution in [1.82, 2.24) is 4.98 Å². The molecule has 0 saturated carbocycles. The van der Waals surface area contributed by atoms with E-state index in [4.69, 9.17) is 4.74 Å². The lowest BCUT2D eigenvalue weighted by atomic mass is 10.1. The van der Waals surface area contributed by atoms with Gasteiger partial charge >= 0.3 is 6.18 Å². The van der Waals surface area contributed by atoms with Crippen molar-refractivity contribution in [3.8, 4) is 5.75 Å². The SMILES string of the molecule is COc1ccc(C)c2sc(NC(=O)c3cccc(C(F)(F)F)c3)nc12. The fraction of sp³-hybridized carbons (Fsp3) is 0.176. The Kier molecular flexibility index (Phi) is 4.38. The molecule has 0 fully saturated rings. The van der Waals surface area contributed by atoms with Crippen LogP contribution >= 0.6 is 11.3 Å². The van der Waals surface area contributed by atoms with Crippen LogP contribution in [-0.4, -0.2) is 18.0 Å². The Morgan fingerprint density at radius 2 is 2.00 bits per heavy atom. The third-order valence-corrected chi connectivity index (χ3v) is 4.70. The highest BCUT2D eigenvalue weighted by Gasteiger charge is 2.31. The van der Waals surface area contributed by atoms with E-state index < -0.39 is 17.6 Å². The lowest BCUT2D eigenvalue weighted by Crippen LogP contribution is -2.13. The van der Waals surface area contributed by atoms with Crippen molar-refractivity contribution >= 4 is 32.6 Å². The van der Waals surface area contributed by atoms with Crippen molar-refractivity contribution < 1.29 is 22.7 Å². The van der Waals surface area contributed by atoms with Crippen LogP contribution in [0.3, 0.4) is 0 Å². The topological polar surface area (TPSA) is 51.2 Å². The number of fused-ring (bicyclic) bond motifs is 1. The van der Waals surface area contributed by atoms with Crippen molar-refractivity contribution in [2.24, 2.45) is 0 Å². The van der Waals surface area contributed by atoms with Gasteiger partial charge in [-0.25, -0.2) is 4.98 Å². The standard InChI is InChI=1S/C17H13F3N2O2S/c1-9-6-7-12(24-2)13-14(9)25-16(21-13)22-15(23)10-4-3-5-11(8-10)17(18,19)20/h3-8H,1-2H3,(H,21,22,23). The summed E-state index contributed by atoms with van der Waals surface area (Å²) < 4.78 is 44.4. The number of amides is 1. The molecule has 0 radical (unpaired) electrons. The van der Waals surface area contributed by atoms with Crippen LogP contribution in [-0.2, 0) is 6.18 Å². The monoisotopic (exact) mass is 366 g/mol. The van der Waals surface area contributed by atoms with Crippen molar-refractivity contribution in [2.75, 3.05) is 12.4 Å². The quantitative estimate of drug-likeness (QED) is 0.718. The summed E-state index contributed by atoms with van der Waals surface area (Å²) in [6.45, 7) is 1.90. The second kappa shape index (κ2) is 6.36. The second-order valence-electron chi connectivity index (χ2n) is 5.31. The zero-order valence-corrected chi connectivity index (χ0v) is 14.1. The average Bonchev–Trinajstić information content (AvgIpc) is 2.99. The molecule has 0 aliphatic rings. The summed E-state index contributed by atoms with van der Waals surface area (Å²) in [6, 6.07) is 7.90. The molecule has 1 N–H and O–H groups in total. The van der Waals surface area contributed by atoms with Gasteiger partial charge in [0.2, 0.25) is 0 Å². The van der Waals surface area contributed by atoms with Gasteiger partial charge in [0, 0.05) is 5.56 Å². The van der Waals surface area contributed by atoms with Crippen molar-refractivity contribution in [3.05, 3.63) is 53.1 Å². The fourth-order valence-electron chi connectivity index (χ4n) is 2.33. The maximum atomic E-state index is 12.8. The minimum absolute atomic E-state index is 0.0854. The zero-order chi connectivity index (χ0) is 18.2. The summed E-state index contributed by atoms with van der Waals surface area (Å²) >= 11 is 1.24. The number of alkyl halides is 3. The number of hydrogen-bond donors (Lipinski definition) is 1. The molecule has 130 valence electrons. The number of nitrogens with one attached hydrogen (secondary N) is 1. The normalized spacial score (nSPS) is 11.6. The maximum Gasteiger partial charge on any atom is 0.416 e. The number of carbonyl (C=O) groups excluding carboxylic acids is 1. The van der Waals surface area contributed by atoms with Crippen LogP contribution in [0.4, 0.5) is 18.3 Å². The molecule has 0 spiro atoms. The van der Waals surface area contributed by atoms with Crippen LogP contribution in [0.5, 0.6) is 5.75 Å². The molecule has 0 saturated heterocycles. The van der Waals surface area contributed by atoms with E-state index in [0.717, 1.165) is 22.4 Å². The lowest BCUT2D eigenvalue weighted by Gasteiger charge is -2.08. The van der Waals surface area contributed by atoms with Crippen LogP contribution in [0.1, 0.15) is 21.5 Å². The number of hydrogen-bond acceptors (Lipinski definition) is 4. The van der Waals surface area contributed by atoms with E-state index >= 15 is 0 Å². The summed E-state index contributed by atoms with van der Waals surface area (Å²) in [5.41, 5.74) is 0.611. The Hall–Kier alpha value is -2.61. The Labute approximate surface area is 145 Å². The predicted molar refractivity (Wildman–Crippen MR) is 90.3 cm³/mol. The van der Waals surface area contributed by atoms with E-state index in [-0.39, 0.29) is 5.56 Å². The molecule has 0 aliphatic heterocycles. The van der Waals surface area contributed by atoms with Crippen LogP contribution in [0, 0.1) is 6.92 Å². The van der Waals surface area contributed by atoms with Gasteiger partial charge in [0.05, 0.1) is 17.4 Å². The van der Waals surface area contributed by atoms with Crippen molar-refractivity contribution in [3.63, 3.8) is 0 Å². The van der Waals surface area contributed by atoms with Gasteiger partial charge < -0.3 is 4.74 Å². The minimum atomic E-state index is -4.50. The summed E-state index contributed by atoms with van der Waals surface area (Å²) in [5, 5.41) is 2.85. The number of aryl methyl sites for hydroxylation is 1. The van der Waals surface area contributed by atoms with Gasteiger partial charge in [-0.05, 0) is 36.8 Å². The summed E-state index contributed by atoms with van der Waals surface area (Å²) in [7, 11) is 1.52. The Balaban J connectivity index is 1.91. The number of carbonyl (C=O) groups is 1. The summed E-state index contributed by atoms with van der Waals surface area (Å²) in [4.78, 5) is 16.6. The number of aromatic nitrogens is 1. The van der Waals surface area contributed by atoms with Gasteiger partial charge in [0.1, 0.15) is 11.3 Å². The average molecular weight is 366 g/mol. The van der Waals surface area contributed by atoms with Gasteiger partial charge in [-0.2, -0.15) is 13.2 Å². The van der Waals surface area contributed by atoms with Crippen molar-refractivity contribution in [1.29, 1.82) is 0 Å². The molecular weight excluding hydrogens is 353 g/mol. The van der Waals surface area contributed by atoms with Gasteiger partial charge in [-0.3, -0.25) is 10.1 Å². The van der Waals surface area contributed by atoms with Gasteiger partial charge in [0.15, 0.2) is 5.13 Å². The van der Waals surface area contributed by atoms with Gasteiger partial charge in [-0.1, -0.05) is 23.5 Å². The molecular formula is C17H13F3N2O2S. The molecule has 2 aromatic carbocycles. The predicted octanol–water partition coefficient (Wildman–Crippen LogP) is 4.88. The minimum Gasteiger partial charge on any atom is -0.494 e. The molecule has 8 heteroatoms. The molecule has 3 rings (SSSR count). The second-order valence-corrected chi connectivity index (χ2v) is 6.31. The van der Waals surface area contributed by atoms with E-state index in [2.05, 4.69) is 10.3 Å². The number of thiazole rings is 1. The highest BCUT2D eigenvalue weighted by Crippen LogP contribution is 2.35. The van der Waals surface area contributed by atoms with Crippen LogP contribution in [0.25, 0.3) is 10.2 Å². The molecule has 0 unspecified atom stereocenters. The highest BCUT2D eigenvalue weighted by molar-refractivity contribution is 7.22. The summed E-state index contributed by atoms with van der Waals surface area (Å²) in [6.07, 6.45) is -4.50. The zero-order valence-electron chi connectivity index (χ0n) is 13.3. The molecule has 3 aromatic rings. The molecule has 0 atom stereocenters. The van der Waals surface area contributed by atoms with Gasteiger partial charge in [-0.15, -0.1) is 0 Å². The third kappa shape index (κ3) is 3.43. The molecule has 25 heavy (non-hydrogen) atoms. The van der Waals surface area contributed by atoms with E-state index in [0.29, 0.717) is 16.4 Å². The Morgan fingerprint density at radius 1 is 1.24 bits per heavy atom. The fourth-order valence-corrected chi connectivity index (χ4v) is 3.28.